The van der Waals surface area contributed by atoms with E-state index >= 15 is 0 Å². The lowest BCUT2D eigenvalue weighted by Crippen LogP contribution is -2.37. The maximum Gasteiger partial charge on any atom is 0.317 e. The number of rotatable bonds is 6. The first-order valence-electron chi connectivity index (χ1n) is 7.19. The number of nitrogens with zero attached hydrogens (tertiary/aromatic N) is 1. The summed E-state index contributed by atoms with van der Waals surface area (Å²) in [6.07, 6.45) is 4.60. The fraction of sp³-hybridized carbons (Fsp3) is 0.562. The van der Waals surface area contributed by atoms with Gasteiger partial charge in [-0.25, -0.2) is 0 Å². The van der Waals surface area contributed by atoms with Crippen LogP contribution in [-0.4, -0.2) is 35.7 Å². The minimum Gasteiger partial charge on any atom is -0.496 e. The minimum atomic E-state index is -0.761. The molecule has 1 aromatic rings. The molecular formula is C16H23NO3. The molecule has 1 fully saturated rings. The Morgan fingerprint density at radius 3 is 2.70 bits per heavy atom. The van der Waals surface area contributed by atoms with E-state index in [9.17, 15) is 4.79 Å². The van der Waals surface area contributed by atoms with Gasteiger partial charge < -0.3 is 9.84 Å². The Hall–Kier alpha value is -1.55. The molecule has 0 amide bonds. The number of ether oxygens (including phenoxy) is 1. The molecule has 0 radical (unpaired) electrons. The van der Waals surface area contributed by atoms with Gasteiger partial charge in [0, 0.05) is 18.2 Å². The molecule has 1 saturated carbocycles. The second-order valence-electron chi connectivity index (χ2n) is 5.55. The molecule has 0 aliphatic heterocycles. The smallest absolute Gasteiger partial charge is 0.317 e. The molecule has 4 nitrogen and oxygen atoms in total. The lowest BCUT2D eigenvalue weighted by molar-refractivity contribution is -0.139. The summed E-state index contributed by atoms with van der Waals surface area (Å²) in [5, 5.41) is 9.13. The van der Waals surface area contributed by atoms with Crippen molar-refractivity contribution in [1.82, 2.24) is 4.90 Å². The van der Waals surface area contributed by atoms with Crippen LogP contribution in [-0.2, 0) is 11.3 Å². The third kappa shape index (κ3) is 3.73. The highest BCUT2D eigenvalue weighted by Gasteiger charge is 2.25. The van der Waals surface area contributed by atoms with Crippen LogP contribution in [0, 0.1) is 6.92 Å². The molecule has 0 heterocycles. The van der Waals surface area contributed by atoms with Gasteiger partial charge in [-0.1, -0.05) is 30.5 Å². The quantitative estimate of drug-likeness (QED) is 0.868. The average molecular weight is 277 g/mol. The van der Waals surface area contributed by atoms with Gasteiger partial charge in [0.05, 0.1) is 13.7 Å². The fourth-order valence-corrected chi connectivity index (χ4v) is 3.01. The summed E-state index contributed by atoms with van der Waals surface area (Å²) in [6, 6.07) is 6.44. The number of carboxylic acid groups (broad SMARTS) is 1. The van der Waals surface area contributed by atoms with E-state index in [0.717, 1.165) is 24.2 Å². The Kier molecular flexibility index (Phi) is 5.01. The Morgan fingerprint density at radius 1 is 1.40 bits per heavy atom. The van der Waals surface area contributed by atoms with Crippen LogP contribution in [0.3, 0.4) is 0 Å². The van der Waals surface area contributed by atoms with E-state index in [1.54, 1.807) is 7.11 Å². The summed E-state index contributed by atoms with van der Waals surface area (Å²) in [4.78, 5) is 13.2. The predicted molar refractivity (Wildman–Crippen MR) is 78.0 cm³/mol. The van der Waals surface area contributed by atoms with E-state index in [2.05, 4.69) is 11.0 Å². The molecule has 2 rings (SSSR count). The fourth-order valence-electron chi connectivity index (χ4n) is 3.01. The number of hydrogen-bond donors (Lipinski definition) is 1. The summed E-state index contributed by atoms with van der Waals surface area (Å²) in [6.45, 7) is 2.78. The lowest BCUT2D eigenvalue weighted by atomic mass is 10.1. The van der Waals surface area contributed by atoms with Crippen LogP contribution in [0.15, 0.2) is 18.2 Å². The molecule has 20 heavy (non-hydrogen) atoms. The van der Waals surface area contributed by atoms with Crippen molar-refractivity contribution in [1.29, 1.82) is 0 Å². The second-order valence-corrected chi connectivity index (χ2v) is 5.55. The summed E-state index contributed by atoms with van der Waals surface area (Å²) >= 11 is 0. The standard InChI is InChI=1S/C16H23NO3/c1-12-7-8-15(20-2)13(9-12)10-17(11-16(18)19)14-5-3-4-6-14/h7-9,14H,3-6,10-11H2,1-2H3,(H,18,19). The molecule has 0 aromatic heterocycles. The van der Waals surface area contributed by atoms with Gasteiger partial charge >= 0.3 is 5.97 Å². The molecule has 110 valence electrons. The SMILES string of the molecule is COc1ccc(C)cc1CN(CC(=O)O)C1CCCC1. The third-order valence-corrected chi connectivity index (χ3v) is 3.99. The van der Waals surface area contributed by atoms with Gasteiger partial charge in [-0.3, -0.25) is 9.69 Å². The van der Waals surface area contributed by atoms with Crippen molar-refractivity contribution in [3.05, 3.63) is 29.3 Å². The number of carboxylic acids is 1. The summed E-state index contributed by atoms with van der Waals surface area (Å²) in [5.74, 6) is 0.0764. The highest BCUT2D eigenvalue weighted by Crippen LogP contribution is 2.27. The van der Waals surface area contributed by atoms with Crippen molar-refractivity contribution < 1.29 is 14.6 Å². The molecule has 1 N–H and O–H groups in total. The van der Waals surface area contributed by atoms with Crippen LogP contribution in [0.25, 0.3) is 0 Å². The third-order valence-electron chi connectivity index (χ3n) is 3.99. The molecule has 0 unspecified atom stereocenters. The first-order chi connectivity index (χ1) is 9.60. The zero-order valence-corrected chi connectivity index (χ0v) is 12.3. The molecule has 1 aliphatic rings. The van der Waals surface area contributed by atoms with Gasteiger partial charge in [-0.05, 0) is 25.8 Å². The van der Waals surface area contributed by atoms with Gasteiger partial charge in [0.25, 0.3) is 0 Å². The molecule has 0 spiro atoms. The van der Waals surface area contributed by atoms with Crippen molar-refractivity contribution in [3.63, 3.8) is 0 Å². The van der Waals surface area contributed by atoms with E-state index in [1.807, 2.05) is 19.1 Å². The number of carbonyl (C=O) groups is 1. The monoisotopic (exact) mass is 277 g/mol. The Bertz CT molecular complexity index is 467. The highest BCUT2D eigenvalue weighted by atomic mass is 16.5. The van der Waals surface area contributed by atoms with Gasteiger partial charge in [-0.2, -0.15) is 0 Å². The zero-order valence-electron chi connectivity index (χ0n) is 12.3. The van der Waals surface area contributed by atoms with Crippen LogP contribution in [0.2, 0.25) is 0 Å². The van der Waals surface area contributed by atoms with Crippen molar-refractivity contribution in [2.45, 2.75) is 45.2 Å². The van der Waals surface area contributed by atoms with E-state index in [-0.39, 0.29) is 6.54 Å². The maximum absolute atomic E-state index is 11.1. The number of hydrogen-bond acceptors (Lipinski definition) is 3. The van der Waals surface area contributed by atoms with Crippen molar-refractivity contribution >= 4 is 5.97 Å². The van der Waals surface area contributed by atoms with E-state index in [4.69, 9.17) is 9.84 Å². The maximum atomic E-state index is 11.1. The van der Waals surface area contributed by atoms with Crippen LogP contribution >= 0.6 is 0 Å². The van der Waals surface area contributed by atoms with Crippen LogP contribution in [0.4, 0.5) is 0 Å². The normalized spacial score (nSPS) is 15.8. The van der Waals surface area contributed by atoms with Gasteiger partial charge in [-0.15, -0.1) is 0 Å². The van der Waals surface area contributed by atoms with Crippen LogP contribution < -0.4 is 4.74 Å². The molecule has 0 bridgehead atoms. The van der Waals surface area contributed by atoms with Gasteiger partial charge in [0.1, 0.15) is 5.75 Å². The summed E-state index contributed by atoms with van der Waals surface area (Å²) < 4.78 is 5.39. The van der Waals surface area contributed by atoms with Crippen molar-refractivity contribution in [2.24, 2.45) is 0 Å². The molecule has 4 heteroatoms. The van der Waals surface area contributed by atoms with E-state index in [1.165, 1.54) is 18.4 Å². The van der Waals surface area contributed by atoms with Crippen molar-refractivity contribution in [2.75, 3.05) is 13.7 Å². The molecule has 1 aliphatic carbocycles. The minimum absolute atomic E-state index is 0.0990. The van der Waals surface area contributed by atoms with Gasteiger partial charge in [0.2, 0.25) is 0 Å². The largest absolute Gasteiger partial charge is 0.496 e. The average Bonchev–Trinajstić information content (AvgIpc) is 2.91. The first kappa shape index (κ1) is 14.9. The number of benzene rings is 1. The molecule has 1 aromatic carbocycles. The Balaban J connectivity index is 2.17. The Morgan fingerprint density at radius 2 is 2.10 bits per heavy atom. The number of aliphatic carboxylic acids is 1. The molecular weight excluding hydrogens is 254 g/mol. The summed E-state index contributed by atoms with van der Waals surface area (Å²) in [5.41, 5.74) is 2.24. The topological polar surface area (TPSA) is 49.8 Å². The first-order valence-corrected chi connectivity index (χ1v) is 7.19. The van der Waals surface area contributed by atoms with E-state index < -0.39 is 5.97 Å². The second kappa shape index (κ2) is 6.75. The van der Waals surface area contributed by atoms with E-state index in [0.29, 0.717) is 12.6 Å². The predicted octanol–water partition coefficient (Wildman–Crippen LogP) is 2.83. The van der Waals surface area contributed by atoms with Crippen LogP contribution in [0.5, 0.6) is 5.75 Å². The number of aryl methyl sites for hydroxylation is 1. The molecule has 0 saturated heterocycles. The lowest BCUT2D eigenvalue weighted by Gasteiger charge is -2.27. The Labute approximate surface area is 120 Å². The van der Waals surface area contributed by atoms with Gasteiger partial charge in [0.15, 0.2) is 0 Å². The highest BCUT2D eigenvalue weighted by molar-refractivity contribution is 5.69. The number of methoxy groups -OCH3 is 1. The molecule has 0 atom stereocenters. The zero-order chi connectivity index (χ0) is 14.5. The summed E-state index contributed by atoms with van der Waals surface area (Å²) in [7, 11) is 1.66. The van der Waals surface area contributed by atoms with Crippen LogP contribution in [0.1, 0.15) is 36.8 Å². The van der Waals surface area contributed by atoms with Crippen molar-refractivity contribution in [3.8, 4) is 5.75 Å².